The molecular weight excluding hydrogens is 298 g/mol. The Bertz CT molecular complexity index is 788. The number of carbonyl (C=O) groups excluding carboxylic acids is 1. The van der Waals surface area contributed by atoms with Gasteiger partial charge < -0.3 is 9.73 Å². The van der Waals surface area contributed by atoms with Crippen molar-refractivity contribution in [2.24, 2.45) is 0 Å². The number of hydrogen-bond donors (Lipinski definition) is 1. The van der Waals surface area contributed by atoms with Gasteiger partial charge in [0.25, 0.3) is 0 Å². The summed E-state index contributed by atoms with van der Waals surface area (Å²) in [7, 11) is 0. The summed E-state index contributed by atoms with van der Waals surface area (Å²) in [5.41, 5.74) is 3.14. The van der Waals surface area contributed by atoms with Gasteiger partial charge in [-0.3, -0.25) is 4.79 Å². The van der Waals surface area contributed by atoms with Crippen LogP contribution >= 0.6 is 0 Å². The van der Waals surface area contributed by atoms with Gasteiger partial charge in [-0.05, 0) is 36.2 Å². The molecule has 3 aromatic rings. The summed E-state index contributed by atoms with van der Waals surface area (Å²) in [5, 5.41) is 2.92. The molecular formula is C21H21NO2. The van der Waals surface area contributed by atoms with Gasteiger partial charge in [0.1, 0.15) is 11.5 Å². The van der Waals surface area contributed by atoms with Gasteiger partial charge in [0.15, 0.2) is 0 Å². The lowest BCUT2D eigenvalue weighted by atomic mass is 10.1. The van der Waals surface area contributed by atoms with Crippen molar-refractivity contribution in [1.82, 2.24) is 0 Å². The fourth-order valence-electron chi connectivity index (χ4n) is 2.55. The lowest BCUT2D eigenvalue weighted by Crippen LogP contribution is -2.12. The number of benzene rings is 2. The normalized spacial score (nSPS) is 10.5. The molecule has 0 aliphatic rings. The van der Waals surface area contributed by atoms with Crippen LogP contribution < -0.4 is 5.32 Å². The van der Waals surface area contributed by atoms with E-state index in [-0.39, 0.29) is 5.91 Å². The summed E-state index contributed by atoms with van der Waals surface area (Å²) in [6.07, 6.45) is 1.99. The zero-order valence-electron chi connectivity index (χ0n) is 13.8. The lowest BCUT2D eigenvalue weighted by Gasteiger charge is -2.05. The quantitative estimate of drug-likeness (QED) is 0.688. The van der Waals surface area contributed by atoms with Gasteiger partial charge in [0, 0.05) is 24.1 Å². The van der Waals surface area contributed by atoms with E-state index in [4.69, 9.17) is 4.42 Å². The Morgan fingerprint density at radius 2 is 1.71 bits per heavy atom. The van der Waals surface area contributed by atoms with Gasteiger partial charge in [-0.1, -0.05) is 49.4 Å². The van der Waals surface area contributed by atoms with Crippen LogP contribution in [0.2, 0.25) is 0 Å². The second-order valence-corrected chi connectivity index (χ2v) is 5.73. The molecule has 122 valence electrons. The first-order valence-corrected chi connectivity index (χ1v) is 8.27. The van der Waals surface area contributed by atoms with Crippen molar-refractivity contribution in [1.29, 1.82) is 0 Å². The molecule has 3 heteroatoms. The van der Waals surface area contributed by atoms with Gasteiger partial charge in [-0.2, -0.15) is 0 Å². The van der Waals surface area contributed by atoms with E-state index in [1.165, 1.54) is 5.56 Å². The van der Waals surface area contributed by atoms with Crippen LogP contribution in [0.25, 0.3) is 11.3 Å². The summed E-state index contributed by atoms with van der Waals surface area (Å²) in [6.45, 7) is 2.11. The number of rotatable bonds is 6. The predicted molar refractivity (Wildman–Crippen MR) is 96.9 cm³/mol. The zero-order valence-corrected chi connectivity index (χ0v) is 13.8. The summed E-state index contributed by atoms with van der Waals surface area (Å²) < 4.78 is 5.82. The molecule has 2 aromatic carbocycles. The van der Waals surface area contributed by atoms with Crippen LogP contribution in [0.5, 0.6) is 0 Å². The average molecular weight is 319 g/mol. The maximum Gasteiger partial charge on any atom is 0.224 e. The van der Waals surface area contributed by atoms with Gasteiger partial charge in [-0.25, -0.2) is 0 Å². The van der Waals surface area contributed by atoms with E-state index in [2.05, 4.69) is 12.2 Å². The first-order chi connectivity index (χ1) is 11.7. The van der Waals surface area contributed by atoms with E-state index in [1.54, 1.807) is 0 Å². The molecule has 3 rings (SSSR count). The Morgan fingerprint density at radius 3 is 2.42 bits per heavy atom. The van der Waals surface area contributed by atoms with Crippen molar-refractivity contribution >= 4 is 11.6 Å². The molecule has 3 nitrogen and oxygen atoms in total. The Kier molecular flexibility index (Phi) is 5.12. The maximum atomic E-state index is 12.1. The Labute approximate surface area is 142 Å². The minimum atomic E-state index is -0.00286. The molecule has 0 aliphatic carbocycles. The summed E-state index contributed by atoms with van der Waals surface area (Å²) in [4.78, 5) is 12.1. The topological polar surface area (TPSA) is 42.2 Å². The lowest BCUT2D eigenvalue weighted by molar-refractivity contribution is -0.116. The Hall–Kier alpha value is -2.81. The van der Waals surface area contributed by atoms with Crippen LogP contribution in [0.15, 0.2) is 71.1 Å². The number of anilines is 1. The van der Waals surface area contributed by atoms with E-state index in [0.29, 0.717) is 12.8 Å². The number of carbonyl (C=O) groups is 1. The molecule has 1 amide bonds. The highest BCUT2D eigenvalue weighted by atomic mass is 16.3. The van der Waals surface area contributed by atoms with E-state index in [9.17, 15) is 4.79 Å². The molecule has 0 unspecified atom stereocenters. The molecule has 0 saturated carbocycles. The van der Waals surface area contributed by atoms with E-state index >= 15 is 0 Å². The van der Waals surface area contributed by atoms with Gasteiger partial charge in [-0.15, -0.1) is 0 Å². The fourth-order valence-corrected chi connectivity index (χ4v) is 2.55. The number of furan rings is 1. The van der Waals surface area contributed by atoms with Gasteiger partial charge >= 0.3 is 0 Å². The van der Waals surface area contributed by atoms with E-state index in [0.717, 1.165) is 29.2 Å². The van der Waals surface area contributed by atoms with Crippen molar-refractivity contribution in [2.45, 2.75) is 26.2 Å². The second kappa shape index (κ2) is 7.64. The van der Waals surface area contributed by atoms with Gasteiger partial charge in [0.05, 0.1) is 0 Å². The first-order valence-electron chi connectivity index (χ1n) is 8.27. The third kappa shape index (κ3) is 4.13. The van der Waals surface area contributed by atoms with Crippen LogP contribution in [0, 0.1) is 0 Å². The predicted octanol–water partition coefficient (Wildman–Crippen LogP) is 5.08. The third-order valence-corrected chi connectivity index (χ3v) is 3.96. The minimum Gasteiger partial charge on any atom is -0.461 e. The maximum absolute atomic E-state index is 12.1. The van der Waals surface area contributed by atoms with Crippen LogP contribution in [-0.2, 0) is 17.6 Å². The van der Waals surface area contributed by atoms with Crippen molar-refractivity contribution in [3.8, 4) is 11.3 Å². The second-order valence-electron chi connectivity index (χ2n) is 5.73. The summed E-state index contributed by atoms with van der Waals surface area (Å²) >= 11 is 0. The fraction of sp³-hybridized carbons (Fsp3) is 0.190. The highest BCUT2D eigenvalue weighted by molar-refractivity contribution is 5.90. The van der Waals surface area contributed by atoms with E-state index < -0.39 is 0 Å². The summed E-state index contributed by atoms with van der Waals surface area (Å²) in [6, 6.07) is 21.8. The van der Waals surface area contributed by atoms with Crippen LogP contribution in [0.3, 0.4) is 0 Å². The molecule has 0 atom stereocenters. The smallest absolute Gasteiger partial charge is 0.224 e. The number of amides is 1. The molecule has 24 heavy (non-hydrogen) atoms. The first kappa shape index (κ1) is 16.1. The number of nitrogens with one attached hydrogen (secondary N) is 1. The number of aryl methyl sites for hydroxylation is 2. The molecule has 0 bridgehead atoms. The molecule has 0 radical (unpaired) electrons. The van der Waals surface area contributed by atoms with Crippen molar-refractivity contribution in [3.05, 3.63) is 78.1 Å². The highest BCUT2D eigenvalue weighted by Gasteiger charge is 2.08. The van der Waals surface area contributed by atoms with Crippen molar-refractivity contribution < 1.29 is 9.21 Å². The monoisotopic (exact) mass is 319 g/mol. The van der Waals surface area contributed by atoms with Gasteiger partial charge in [0.2, 0.25) is 5.91 Å². The third-order valence-electron chi connectivity index (χ3n) is 3.96. The molecule has 0 spiro atoms. The van der Waals surface area contributed by atoms with Crippen molar-refractivity contribution in [2.75, 3.05) is 5.32 Å². The van der Waals surface area contributed by atoms with Crippen LogP contribution in [0.1, 0.15) is 24.7 Å². The molecule has 1 heterocycles. The Morgan fingerprint density at radius 1 is 0.958 bits per heavy atom. The SMILES string of the molecule is CCc1ccc(NC(=O)CCc2ccc(-c3ccccc3)o2)cc1. The van der Waals surface area contributed by atoms with Crippen LogP contribution in [0.4, 0.5) is 5.69 Å². The molecule has 0 saturated heterocycles. The number of hydrogen-bond acceptors (Lipinski definition) is 2. The largest absolute Gasteiger partial charge is 0.461 e. The van der Waals surface area contributed by atoms with Crippen molar-refractivity contribution in [3.63, 3.8) is 0 Å². The molecule has 0 fully saturated rings. The highest BCUT2D eigenvalue weighted by Crippen LogP contribution is 2.22. The minimum absolute atomic E-state index is 0.00286. The average Bonchev–Trinajstić information content (AvgIpc) is 3.10. The van der Waals surface area contributed by atoms with Crippen LogP contribution in [-0.4, -0.2) is 5.91 Å². The van der Waals surface area contributed by atoms with E-state index in [1.807, 2.05) is 66.7 Å². The summed E-state index contributed by atoms with van der Waals surface area (Å²) in [5.74, 6) is 1.66. The molecule has 1 aromatic heterocycles. The zero-order chi connectivity index (χ0) is 16.8. The molecule has 0 aliphatic heterocycles. The Balaban J connectivity index is 1.53. The standard InChI is InChI=1S/C21H21NO2/c1-2-16-8-10-18(11-9-16)22-21(23)15-13-19-12-14-20(24-19)17-6-4-3-5-7-17/h3-12,14H,2,13,15H2,1H3,(H,22,23). The molecule has 1 N–H and O–H groups in total.